The molecule has 0 fully saturated rings. The minimum absolute atomic E-state index is 0.645. The molecule has 0 spiro atoms. The van der Waals surface area contributed by atoms with E-state index in [0.29, 0.717) is 6.41 Å². The first kappa shape index (κ1) is 8.86. The minimum atomic E-state index is -1.70. The van der Waals surface area contributed by atoms with Crippen molar-refractivity contribution in [2.45, 2.75) is 6.92 Å². The Kier molecular flexibility index (Phi) is 3.75. The van der Waals surface area contributed by atoms with Crippen LogP contribution in [0.4, 0.5) is 0 Å². The van der Waals surface area contributed by atoms with Gasteiger partial charge in [0.2, 0.25) is 6.41 Å². The Morgan fingerprint density at radius 1 is 1.89 bits per heavy atom. The average Bonchev–Trinajstić information content (AvgIpc) is 1.89. The fraction of sp³-hybridized carbons (Fsp3) is 0.400. The number of amides is 1. The molecule has 1 N–H and O–H groups in total. The van der Waals surface area contributed by atoms with Crippen LogP contribution in [0.5, 0.6) is 0 Å². The third kappa shape index (κ3) is 2.78. The summed E-state index contributed by atoms with van der Waals surface area (Å²) >= 11 is 5.05. The highest BCUT2D eigenvalue weighted by Gasteiger charge is 2.05. The van der Waals surface area contributed by atoms with Crippen LogP contribution in [-0.4, -0.2) is 12.6 Å². The molecule has 0 heterocycles. The zero-order valence-electron chi connectivity index (χ0n) is 5.33. The van der Waals surface area contributed by atoms with E-state index in [1.807, 2.05) is 6.92 Å². The summed E-state index contributed by atoms with van der Waals surface area (Å²) in [6, 6.07) is 0. The normalized spacial score (nSPS) is 15.7. The summed E-state index contributed by atoms with van der Waals surface area (Å²) in [5, 5.41) is 2.59. The standard InChI is InChI=1S/C5H10NOPS/c1-3-8(9,4-2)6-5-7/h3,5H,1,4H2,2H3,(H,6,7,9). The first-order chi connectivity index (χ1) is 4.18. The van der Waals surface area contributed by atoms with Gasteiger partial charge in [-0.15, -0.1) is 0 Å². The molecule has 0 aliphatic rings. The highest BCUT2D eigenvalue weighted by molar-refractivity contribution is 8.15. The van der Waals surface area contributed by atoms with Gasteiger partial charge in [-0.3, -0.25) is 4.79 Å². The fourth-order valence-corrected chi connectivity index (χ4v) is 1.22. The van der Waals surface area contributed by atoms with Crippen LogP contribution in [0.3, 0.4) is 0 Å². The summed E-state index contributed by atoms with van der Waals surface area (Å²) < 4.78 is 0. The number of hydrogen-bond donors (Lipinski definition) is 1. The molecule has 0 saturated heterocycles. The summed E-state index contributed by atoms with van der Waals surface area (Å²) in [4.78, 5) is 9.94. The van der Waals surface area contributed by atoms with Gasteiger partial charge in [-0.25, -0.2) is 0 Å². The van der Waals surface area contributed by atoms with E-state index in [2.05, 4.69) is 11.7 Å². The Hall–Kier alpha value is -0.140. The second-order valence-corrected chi connectivity index (χ2v) is 6.34. The van der Waals surface area contributed by atoms with Crippen molar-refractivity contribution in [3.63, 3.8) is 0 Å². The van der Waals surface area contributed by atoms with Gasteiger partial charge in [-0.1, -0.05) is 25.3 Å². The van der Waals surface area contributed by atoms with Crippen molar-refractivity contribution in [1.29, 1.82) is 0 Å². The molecule has 1 unspecified atom stereocenters. The monoisotopic (exact) mass is 163 g/mol. The zero-order chi connectivity index (χ0) is 7.33. The molecular formula is C5H10NOPS. The zero-order valence-corrected chi connectivity index (χ0v) is 7.04. The minimum Gasteiger partial charge on any atom is -0.328 e. The van der Waals surface area contributed by atoms with Gasteiger partial charge in [0.25, 0.3) is 0 Å². The molecule has 52 valence electrons. The number of rotatable bonds is 4. The highest BCUT2D eigenvalue weighted by Crippen LogP contribution is 2.40. The number of hydrogen-bond acceptors (Lipinski definition) is 2. The van der Waals surface area contributed by atoms with Crippen molar-refractivity contribution < 1.29 is 4.79 Å². The van der Waals surface area contributed by atoms with Crippen LogP contribution in [-0.2, 0) is 16.6 Å². The van der Waals surface area contributed by atoms with Crippen molar-refractivity contribution >= 4 is 24.4 Å². The molecule has 0 aliphatic carbocycles. The Bertz CT molecular complexity index is 157. The molecule has 0 radical (unpaired) electrons. The van der Waals surface area contributed by atoms with Gasteiger partial charge in [-0.05, 0) is 12.0 Å². The predicted octanol–water partition coefficient (Wildman–Crippen LogP) is 1.29. The molecule has 2 nitrogen and oxygen atoms in total. The van der Waals surface area contributed by atoms with Gasteiger partial charge in [-0.2, -0.15) is 0 Å². The maximum absolute atomic E-state index is 9.94. The largest absolute Gasteiger partial charge is 0.328 e. The molecule has 4 heteroatoms. The summed E-state index contributed by atoms with van der Waals surface area (Å²) in [6.07, 6.45) is -0.261. The molecular weight excluding hydrogens is 153 g/mol. The van der Waals surface area contributed by atoms with Crippen molar-refractivity contribution in [3.8, 4) is 0 Å². The topological polar surface area (TPSA) is 29.1 Å². The van der Waals surface area contributed by atoms with E-state index < -0.39 is 6.19 Å². The summed E-state index contributed by atoms with van der Waals surface area (Å²) in [5.41, 5.74) is 0. The van der Waals surface area contributed by atoms with Crippen LogP contribution in [0, 0.1) is 0 Å². The molecule has 0 saturated carbocycles. The van der Waals surface area contributed by atoms with Crippen molar-refractivity contribution in [2.24, 2.45) is 0 Å². The molecule has 1 atom stereocenters. The first-order valence-electron chi connectivity index (χ1n) is 2.62. The lowest BCUT2D eigenvalue weighted by Crippen LogP contribution is -2.06. The third-order valence-electron chi connectivity index (χ3n) is 1.04. The molecule has 0 rings (SSSR count). The van der Waals surface area contributed by atoms with Crippen LogP contribution in [0.25, 0.3) is 0 Å². The molecule has 0 bridgehead atoms. The fourth-order valence-electron chi connectivity index (χ4n) is 0.362. The van der Waals surface area contributed by atoms with Crippen LogP contribution in [0.1, 0.15) is 6.92 Å². The smallest absolute Gasteiger partial charge is 0.211 e. The molecule has 0 aromatic rings. The van der Waals surface area contributed by atoms with E-state index in [0.717, 1.165) is 6.16 Å². The number of carbonyl (C=O) groups excluding carboxylic acids is 1. The van der Waals surface area contributed by atoms with Crippen LogP contribution in [0.15, 0.2) is 12.4 Å². The van der Waals surface area contributed by atoms with E-state index in [4.69, 9.17) is 11.8 Å². The van der Waals surface area contributed by atoms with Crippen LogP contribution >= 0.6 is 6.19 Å². The van der Waals surface area contributed by atoms with Gasteiger partial charge in [0, 0.05) is 0 Å². The van der Waals surface area contributed by atoms with Gasteiger partial charge < -0.3 is 5.09 Å². The average molecular weight is 163 g/mol. The Morgan fingerprint density at radius 2 is 2.44 bits per heavy atom. The quantitative estimate of drug-likeness (QED) is 0.499. The van der Waals surface area contributed by atoms with Gasteiger partial charge in [0.1, 0.15) is 0 Å². The summed E-state index contributed by atoms with van der Waals surface area (Å²) in [5.74, 6) is 1.66. The maximum Gasteiger partial charge on any atom is 0.211 e. The number of carbonyl (C=O) groups is 1. The van der Waals surface area contributed by atoms with E-state index in [-0.39, 0.29) is 0 Å². The highest BCUT2D eigenvalue weighted by atomic mass is 32.4. The van der Waals surface area contributed by atoms with Crippen molar-refractivity contribution in [2.75, 3.05) is 6.16 Å². The van der Waals surface area contributed by atoms with E-state index >= 15 is 0 Å². The Labute approximate surface area is 60.4 Å². The van der Waals surface area contributed by atoms with Crippen molar-refractivity contribution in [1.82, 2.24) is 5.09 Å². The molecule has 9 heavy (non-hydrogen) atoms. The third-order valence-corrected chi connectivity index (χ3v) is 4.65. The van der Waals surface area contributed by atoms with Gasteiger partial charge >= 0.3 is 0 Å². The van der Waals surface area contributed by atoms with Gasteiger partial charge in [0.05, 0.1) is 6.19 Å². The van der Waals surface area contributed by atoms with E-state index in [9.17, 15) is 4.79 Å². The summed E-state index contributed by atoms with van der Waals surface area (Å²) in [6.45, 7) is 5.49. The Morgan fingerprint density at radius 3 is 2.56 bits per heavy atom. The molecule has 0 aliphatic heterocycles. The van der Waals surface area contributed by atoms with Crippen LogP contribution in [0.2, 0.25) is 0 Å². The second-order valence-electron chi connectivity index (χ2n) is 1.54. The van der Waals surface area contributed by atoms with E-state index in [1.165, 1.54) is 0 Å². The lowest BCUT2D eigenvalue weighted by molar-refractivity contribution is -0.108. The molecule has 1 amide bonds. The molecule has 0 aromatic heterocycles. The maximum atomic E-state index is 9.94. The summed E-state index contributed by atoms with van der Waals surface area (Å²) in [7, 11) is 0. The number of nitrogens with one attached hydrogen (secondary N) is 1. The Balaban J connectivity index is 4.09. The first-order valence-corrected chi connectivity index (χ1v) is 5.68. The van der Waals surface area contributed by atoms with Gasteiger partial charge in [0.15, 0.2) is 0 Å². The SMILES string of the molecule is C=CP(=S)(CC)NC=O. The lowest BCUT2D eigenvalue weighted by atomic mass is 11.0. The van der Waals surface area contributed by atoms with Crippen LogP contribution < -0.4 is 5.09 Å². The predicted molar refractivity (Wildman–Crippen MR) is 44.2 cm³/mol. The lowest BCUT2D eigenvalue weighted by Gasteiger charge is -2.12. The molecule has 0 aromatic carbocycles. The van der Waals surface area contributed by atoms with Crippen molar-refractivity contribution in [3.05, 3.63) is 12.4 Å². The second kappa shape index (κ2) is 3.80. The van der Waals surface area contributed by atoms with E-state index in [1.54, 1.807) is 5.82 Å².